The van der Waals surface area contributed by atoms with Gasteiger partial charge in [-0.3, -0.25) is 4.99 Å². The van der Waals surface area contributed by atoms with Crippen LogP contribution in [0.3, 0.4) is 0 Å². The van der Waals surface area contributed by atoms with Crippen molar-refractivity contribution in [2.24, 2.45) is 4.99 Å². The van der Waals surface area contributed by atoms with E-state index in [-0.39, 0.29) is 0 Å². The van der Waals surface area contributed by atoms with Crippen molar-refractivity contribution in [1.82, 2.24) is 25.3 Å². The van der Waals surface area contributed by atoms with Crippen molar-refractivity contribution in [2.45, 2.75) is 13.5 Å². The first-order valence-electron chi connectivity index (χ1n) is 7.67. The molecule has 0 amide bonds. The van der Waals surface area contributed by atoms with Gasteiger partial charge in [-0.15, -0.1) is 0 Å². The summed E-state index contributed by atoms with van der Waals surface area (Å²) in [5.41, 5.74) is 0. The normalized spacial score (nSPS) is 15.8. The Balaban J connectivity index is 1.53. The lowest BCUT2D eigenvalue weighted by molar-refractivity contribution is 0.353. The maximum Gasteiger partial charge on any atom is 0.246 e. The molecule has 0 aromatic carbocycles. The molecule has 1 N–H and O–H groups in total. The van der Waals surface area contributed by atoms with E-state index in [2.05, 4.69) is 35.2 Å². The van der Waals surface area contributed by atoms with Crippen molar-refractivity contribution in [1.29, 1.82) is 0 Å². The molecule has 0 saturated carbocycles. The molecular formula is C15H21N7O. The molecule has 0 radical (unpaired) electrons. The van der Waals surface area contributed by atoms with Gasteiger partial charge in [0.15, 0.2) is 11.8 Å². The van der Waals surface area contributed by atoms with Crippen LogP contribution >= 0.6 is 0 Å². The number of aliphatic imine (C=N–C) groups is 1. The second-order valence-corrected chi connectivity index (χ2v) is 5.30. The molecule has 1 aliphatic heterocycles. The SMILES string of the molecule is CN=C(NCc1nc(C)no1)N1CCN(c2ccccn2)CC1. The molecule has 0 unspecified atom stereocenters. The van der Waals surface area contributed by atoms with Gasteiger partial charge in [0, 0.05) is 39.4 Å². The highest BCUT2D eigenvalue weighted by atomic mass is 16.5. The minimum atomic E-state index is 0.480. The maximum absolute atomic E-state index is 5.11. The number of guanidine groups is 1. The van der Waals surface area contributed by atoms with E-state index >= 15 is 0 Å². The third kappa shape index (κ3) is 3.77. The summed E-state index contributed by atoms with van der Waals surface area (Å²) in [6, 6.07) is 5.99. The Kier molecular flexibility index (Phi) is 4.70. The van der Waals surface area contributed by atoms with Gasteiger partial charge < -0.3 is 19.6 Å². The predicted molar refractivity (Wildman–Crippen MR) is 87.3 cm³/mol. The van der Waals surface area contributed by atoms with Gasteiger partial charge in [-0.1, -0.05) is 11.2 Å². The second-order valence-electron chi connectivity index (χ2n) is 5.30. The van der Waals surface area contributed by atoms with Crippen LogP contribution in [0.5, 0.6) is 0 Å². The zero-order valence-electron chi connectivity index (χ0n) is 13.4. The summed E-state index contributed by atoms with van der Waals surface area (Å²) in [7, 11) is 1.78. The molecule has 1 aliphatic rings. The van der Waals surface area contributed by atoms with Gasteiger partial charge in [-0.25, -0.2) is 4.98 Å². The fourth-order valence-electron chi connectivity index (χ4n) is 2.59. The molecule has 0 spiro atoms. The van der Waals surface area contributed by atoms with Crippen molar-refractivity contribution in [2.75, 3.05) is 38.1 Å². The summed E-state index contributed by atoms with van der Waals surface area (Å²) < 4.78 is 5.11. The Hall–Kier alpha value is -2.64. The number of nitrogens with zero attached hydrogens (tertiary/aromatic N) is 6. The molecule has 8 heteroatoms. The molecule has 1 fully saturated rings. The number of aromatic nitrogens is 3. The lowest BCUT2D eigenvalue weighted by atomic mass is 10.3. The largest absolute Gasteiger partial charge is 0.353 e. The van der Waals surface area contributed by atoms with E-state index in [1.165, 1.54) is 0 Å². The Labute approximate surface area is 135 Å². The van der Waals surface area contributed by atoms with Gasteiger partial charge in [0.1, 0.15) is 5.82 Å². The Morgan fingerprint density at radius 2 is 2.13 bits per heavy atom. The van der Waals surface area contributed by atoms with Gasteiger partial charge >= 0.3 is 0 Å². The smallest absolute Gasteiger partial charge is 0.246 e. The van der Waals surface area contributed by atoms with E-state index in [0.717, 1.165) is 38.0 Å². The van der Waals surface area contributed by atoms with Crippen LogP contribution in [-0.2, 0) is 6.54 Å². The Morgan fingerprint density at radius 1 is 1.30 bits per heavy atom. The summed E-state index contributed by atoms with van der Waals surface area (Å²) in [6.07, 6.45) is 1.83. The van der Waals surface area contributed by atoms with Crippen LogP contribution in [0.1, 0.15) is 11.7 Å². The lowest BCUT2D eigenvalue weighted by Gasteiger charge is -2.36. The van der Waals surface area contributed by atoms with Crippen LogP contribution in [0.25, 0.3) is 0 Å². The molecule has 0 bridgehead atoms. The van der Waals surface area contributed by atoms with Gasteiger partial charge in [0.25, 0.3) is 0 Å². The van der Waals surface area contributed by atoms with Gasteiger partial charge in [0.2, 0.25) is 5.89 Å². The quantitative estimate of drug-likeness (QED) is 0.658. The highest BCUT2D eigenvalue weighted by molar-refractivity contribution is 5.80. The first-order chi connectivity index (χ1) is 11.3. The zero-order valence-corrected chi connectivity index (χ0v) is 13.4. The highest BCUT2D eigenvalue weighted by Gasteiger charge is 2.20. The minimum Gasteiger partial charge on any atom is -0.353 e. The van der Waals surface area contributed by atoms with E-state index in [9.17, 15) is 0 Å². The summed E-state index contributed by atoms with van der Waals surface area (Å²) >= 11 is 0. The number of hydrogen-bond donors (Lipinski definition) is 1. The monoisotopic (exact) mass is 315 g/mol. The third-order valence-corrected chi connectivity index (χ3v) is 3.73. The third-order valence-electron chi connectivity index (χ3n) is 3.73. The highest BCUT2D eigenvalue weighted by Crippen LogP contribution is 2.12. The van der Waals surface area contributed by atoms with E-state index in [0.29, 0.717) is 18.3 Å². The summed E-state index contributed by atoms with van der Waals surface area (Å²) in [5, 5.41) is 7.05. The molecule has 3 heterocycles. The van der Waals surface area contributed by atoms with Crippen LogP contribution in [-0.4, -0.2) is 59.2 Å². The first kappa shape index (κ1) is 15.3. The van der Waals surface area contributed by atoms with Crippen LogP contribution in [0.4, 0.5) is 5.82 Å². The van der Waals surface area contributed by atoms with E-state index in [1.807, 2.05) is 24.4 Å². The number of hydrogen-bond acceptors (Lipinski definition) is 6. The van der Waals surface area contributed by atoms with Gasteiger partial charge in [-0.05, 0) is 19.1 Å². The number of piperazine rings is 1. The molecule has 0 atom stereocenters. The standard InChI is InChI=1S/C15H21N7O/c1-12-19-14(23-20-12)11-18-15(16-2)22-9-7-21(8-10-22)13-5-3-4-6-17-13/h3-6H,7-11H2,1-2H3,(H,16,18). The van der Waals surface area contributed by atoms with Gasteiger partial charge in [0.05, 0.1) is 6.54 Å². The van der Waals surface area contributed by atoms with Crippen LogP contribution in [0.15, 0.2) is 33.9 Å². The zero-order chi connectivity index (χ0) is 16.1. The van der Waals surface area contributed by atoms with Crippen molar-refractivity contribution in [3.63, 3.8) is 0 Å². The number of anilines is 1. The van der Waals surface area contributed by atoms with E-state index in [1.54, 1.807) is 14.0 Å². The summed E-state index contributed by atoms with van der Waals surface area (Å²) in [6.45, 7) is 5.89. The average molecular weight is 315 g/mol. The average Bonchev–Trinajstić information content (AvgIpc) is 3.02. The molecule has 0 aliphatic carbocycles. The van der Waals surface area contributed by atoms with Crippen LogP contribution in [0.2, 0.25) is 0 Å². The molecule has 8 nitrogen and oxygen atoms in total. The molecule has 122 valence electrons. The molecule has 23 heavy (non-hydrogen) atoms. The summed E-state index contributed by atoms with van der Waals surface area (Å²) in [5.74, 6) is 3.08. The molecule has 1 saturated heterocycles. The van der Waals surface area contributed by atoms with Crippen molar-refractivity contribution in [3.8, 4) is 0 Å². The number of aryl methyl sites for hydroxylation is 1. The molecule has 2 aromatic rings. The Bertz CT molecular complexity index is 647. The second kappa shape index (κ2) is 7.08. The lowest BCUT2D eigenvalue weighted by Crippen LogP contribution is -2.52. The fraction of sp³-hybridized carbons (Fsp3) is 0.467. The van der Waals surface area contributed by atoms with Crippen LogP contribution in [0, 0.1) is 6.92 Å². The van der Waals surface area contributed by atoms with E-state index in [4.69, 9.17) is 4.52 Å². The maximum atomic E-state index is 5.11. The molecular weight excluding hydrogens is 294 g/mol. The van der Waals surface area contributed by atoms with Crippen molar-refractivity contribution < 1.29 is 4.52 Å². The number of rotatable bonds is 3. The van der Waals surface area contributed by atoms with Crippen molar-refractivity contribution in [3.05, 3.63) is 36.1 Å². The topological polar surface area (TPSA) is 82.7 Å². The van der Waals surface area contributed by atoms with Crippen LogP contribution < -0.4 is 10.2 Å². The number of nitrogens with one attached hydrogen (secondary N) is 1. The molecule has 3 rings (SSSR count). The number of pyridine rings is 1. The first-order valence-corrected chi connectivity index (χ1v) is 7.67. The minimum absolute atomic E-state index is 0.480. The van der Waals surface area contributed by atoms with E-state index < -0.39 is 0 Å². The molecule has 2 aromatic heterocycles. The predicted octanol–water partition coefficient (Wildman–Crippen LogP) is 0.671. The van der Waals surface area contributed by atoms with Gasteiger partial charge in [-0.2, -0.15) is 4.98 Å². The fourth-order valence-corrected chi connectivity index (χ4v) is 2.59. The summed E-state index contributed by atoms with van der Waals surface area (Å²) in [4.78, 5) is 17.4. The van der Waals surface area contributed by atoms with Crippen molar-refractivity contribution >= 4 is 11.8 Å². The Morgan fingerprint density at radius 3 is 2.74 bits per heavy atom.